The molecule has 100 valence electrons. The molecular weight excluding hydrogens is 245 g/mol. The van der Waals surface area contributed by atoms with Crippen molar-refractivity contribution in [3.05, 3.63) is 59.8 Å². The summed E-state index contributed by atoms with van der Waals surface area (Å²) in [6.07, 6.45) is 1.62. The molecule has 0 unspecified atom stereocenters. The Bertz CT molecular complexity index is 520. The lowest BCUT2D eigenvalue weighted by molar-refractivity contribution is 0.0925. The summed E-state index contributed by atoms with van der Waals surface area (Å²) in [5.74, 6) is 0.474. The third-order valence-corrected chi connectivity index (χ3v) is 2.94. The Hall–Kier alpha value is -1.94. The van der Waals surface area contributed by atoms with Gasteiger partial charge in [-0.15, -0.1) is 0 Å². The lowest BCUT2D eigenvalue weighted by atomic mass is 10.1. The van der Waals surface area contributed by atoms with E-state index in [0.717, 1.165) is 12.3 Å². The fourth-order valence-corrected chi connectivity index (χ4v) is 1.83. The maximum Gasteiger partial charge on any atom is 0.176 e. The van der Waals surface area contributed by atoms with Crippen molar-refractivity contribution in [1.29, 1.82) is 0 Å². The van der Waals surface area contributed by atoms with Gasteiger partial charge in [-0.25, -0.2) is 4.39 Å². The molecule has 1 aromatic carbocycles. The van der Waals surface area contributed by atoms with Crippen LogP contribution >= 0.6 is 0 Å². The van der Waals surface area contributed by atoms with Gasteiger partial charge in [0, 0.05) is 5.56 Å². The van der Waals surface area contributed by atoms with Crippen LogP contribution < -0.4 is 0 Å². The van der Waals surface area contributed by atoms with E-state index in [1.54, 1.807) is 6.26 Å². The van der Waals surface area contributed by atoms with Gasteiger partial charge in [-0.1, -0.05) is 6.92 Å². The molecule has 0 radical (unpaired) electrons. The molecule has 0 amide bonds. The summed E-state index contributed by atoms with van der Waals surface area (Å²) in [4.78, 5) is 14.0. The first-order valence-corrected chi connectivity index (χ1v) is 6.22. The van der Waals surface area contributed by atoms with Crippen molar-refractivity contribution in [2.45, 2.75) is 13.5 Å². The minimum absolute atomic E-state index is 0.0200. The molecule has 4 heteroatoms. The highest BCUT2D eigenvalue weighted by molar-refractivity contribution is 5.97. The van der Waals surface area contributed by atoms with Crippen LogP contribution in [0.15, 0.2) is 47.1 Å². The number of benzene rings is 1. The summed E-state index contributed by atoms with van der Waals surface area (Å²) in [7, 11) is 0. The average Bonchev–Trinajstić information content (AvgIpc) is 2.91. The minimum Gasteiger partial charge on any atom is -0.468 e. The Morgan fingerprint density at radius 1 is 1.26 bits per heavy atom. The number of nitrogens with zero attached hydrogens (tertiary/aromatic N) is 1. The molecule has 0 aliphatic carbocycles. The van der Waals surface area contributed by atoms with E-state index in [1.165, 1.54) is 24.3 Å². The number of rotatable bonds is 6. The molecule has 0 fully saturated rings. The second kappa shape index (κ2) is 6.29. The summed E-state index contributed by atoms with van der Waals surface area (Å²) in [5, 5.41) is 0. The maximum absolute atomic E-state index is 12.8. The molecule has 2 rings (SSSR count). The Kier molecular flexibility index (Phi) is 4.47. The maximum atomic E-state index is 12.8. The second-order valence-corrected chi connectivity index (χ2v) is 4.31. The highest BCUT2D eigenvalue weighted by Crippen LogP contribution is 2.08. The summed E-state index contributed by atoms with van der Waals surface area (Å²) < 4.78 is 18.1. The molecule has 19 heavy (non-hydrogen) atoms. The lowest BCUT2D eigenvalue weighted by Gasteiger charge is -2.18. The highest BCUT2D eigenvalue weighted by Gasteiger charge is 2.12. The SMILES string of the molecule is CCN(CC(=O)c1ccc(F)cc1)Cc1ccco1. The highest BCUT2D eigenvalue weighted by atomic mass is 19.1. The second-order valence-electron chi connectivity index (χ2n) is 4.31. The number of likely N-dealkylation sites (N-methyl/N-ethyl adjacent to an activating group) is 1. The van der Waals surface area contributed by atoms with E-state index in [9.17, 15) is 9.18 Å². The minimum atomic E-state index is -0.334. The van der Waals surface area contributed by atoms with Gasteiger partial charge < -0.3 is 4.42 Å². The van der Waals surface area contributed by atoms with Gasteiger partial charge in [-0.2, -0.15) is 0 Å². The van der Waals surface area contributed by atoms with E-state index in [0.29, 0.717) is 18.7 Å². The van der Waals surface area contributed by atoms with Gasteiger partial charge in [0.1, 0.15) is 11.6 Å². The molecule has 0 aliphatic rings. The van der Waals surface area contributed by atoms with Crippen LogP contribution in [0, 0.1) is 5.82 Å². The van der Waals surface area contributed by atoms with Crippen LogP contribution in [-0.4, -0.2) is 23.8 Å². The number of ketones is 1. The Morgan fingerprint density at radius 3 is 2.58 bits per heavy atom. The van der Waals surface area contributed by atoms with E-state index < -0.39 is 0 Å². The average molecular weight is 261 g/mol. The number of furan rings is 1. The van der Waals surface area contributed by atoms with Gasteiger partial charge >= 0.3 is 0 Å². The van der Waals surface area contributed by atoms with Crippen molar-refractivity contribution in [2.75, 3.05) is 13.1 Å². The van der Waals surface area contributed by atoms with Crippen molar-refractivity contribution in [2.24, 2.45) is 0 Å². The molecule has 3 nitrogen and oxygen atoms in total. The zero-order valence-corrected chi connectivity index (χ0v) is 10.8. The largest absolute Gasteiger partial charge is 0.468 e. The van der Waals surface area contributed by atoms with Gasteiger partial charge in [0.2, 0.25) is 0 Å². The molecular formula is C15H16FNO2. The van der Waals surface area contributed by atoms with Gasteiger partial charge in [0.15, 0.2) is 5.78 Å². The van der Waals surface area contributed by atoms with Crippen molar-refractivity contribution in [3.63, 3.8) is 0 Å². The molecule has 0 N–H and O–H groups in total. The molecule has 0 saturated carbocycles. The van der Waals surface area contributed by atoms with Crippen LogP contribution in [0.2, 0.25) is 0 Å². The third-order valence-electron chi connectivity index (χ3n) is 2.94. The van der Waals surface area contributed by atoms with Crippen LogP contribution in [-0.2, 0) is 6.54 Å². The first-order chi connectivity index (χ1) is 9.19. The molecule has 0 saturated heterocycles. The zero-order chi connectivity index (χ0) is 13.7. The predicted molar refractivity (Wildman–Crippen MR) is 70.4 cm³/mol. The zero-order valence-electron chi connectivity index (χ0n) is 10.8. The fraction of sp³-hybridized carbons (Fsp3) is 0.267. The van der Waals surface area contributed by atoms with Crippen LogP contribution in [0.5, 0.6) is 0 Å². The van der Waals surface area contributed by atoms with Crippen molar-refractivity contribution in [3.8, 4) is 0 Å². The van der Waals surface area contributed by atoms with Crippen LogP contribution in [0.1, 0.15) is 23.0 Å². The number of carbonyl (C=O) groups is 1. The number of halogens is 1. The Labute approximate surface area is 111 Å². The monoisotopic (exact) mass is 261 g/mol. The van der Waals surface area contributed by atoms with E-state index >= 15 is 0 Å². The normalized spacial score (nSPS) is 10.9. The Morgan fingerprint density at radius 2 is 2.00 bits per heavy atom. The van der Waals surface area contributed by atoms with E-state index in [2.05, 4.69) is 0 Å². The number of Topliss-reactive ketones (excluding diaryl/α,β-unsaturated/α-hetero) is 1. The standard InChI is InChI=1S/C15H16FNO2/c1-2-17(10-14-4-3-9-19-14)11-15(18)12-5-7-13(16)8-6-12/h3-9H,2,10-11H2,1H3. The van der Waals surface area contributed by atoms with Crippen LogP contribution in [0.25, 0.3) is 0 Å². The third kappa shape index (κ3) is 3.76. The van der Waals surface area contributed by atoms with Gasteiger partial charge in [0.25, 0.3) is 0 Å². The summed E-state index contributed by atoms with van der Waals surface area (Å²) in [6.45, 7) is 3.62. The molecule has 1 heterocycles. The van der Waals surface area contributed by atoms with Gasteiger partial charge in [-0.3, -0.25) is 9.69 Å². The molecule has 1 aromatic heterocycles. The number of hydrogen-bond acceptors (Lipinski definition) is 3. The van der Waals surface area contributed by atoms with Crippen molar-refractivity contribution in [1.82, 2.24) is 4.90 Å². The van der Waals surface area contributed by atoms with Gasteiger partial charge in [-0.05, 0) is 42.9 Å². The summed E-state index contributed by atoms with van der Waals surface area (Å²) >= 11 is 0. The quantitative estimate of drug-likeness (QED) is 0.749. The Balaban J connectivity index is 1.98. The first kappa shape index (κ1) is 13.5. The van der Waals surface area contributed by atoms with E-state index in [-0.39, 0.29) is 11.6 Å². The molecule has 0 atom stereocenters. The van der Waals surface area contributed by atoms with Gasteiger partial charge in [0.05, 0.1) is 19.4 Å². The molecule has 0 spiro atoms. The predicted octanol–water partition coefficient (Wildman–Crippen LogP) is 3.12. The first-order valence-electron chi connectivity index (χ1n) is 6.22. The topological polar surface area (TPSA) is 33.5 Å². The number of carbonyl (C=O) groups excluding carboxylic acids is 1. The summed E-state index contributed by atoms with van der Waals surface area (Å²) in [6, 6.07) is 9.33. The smallest absolute Gasteiger partial charge is 0.176 e. The van der Waals surface area contributed by atoms with Crippen LogP contribution in [0.4, 0.5) is 4.39 Å². The summed E-state index contributed by atoms with van der Waals surface area (Å²) in [5.41, 5.74) is 0.527. The lowest BCUT2D eigenvalue weighted by Crippen LogP contribution is -2.29. The number of hydrogen-bond donors (Lipinski definition) is 0. The molecule has 2 aromatic rings. The van der Waals surface area contributed by atoms with Crippen molar-refractivity contribution >= 4 is 5.78 Å². The molecule has 0 bridgehead atoms. The molecule has 0 aliphatic heterocycles. The van der Waals surface area contributed by atoms with Crippen LogP contribution in [0.3, 0.4) is 0 Å². The van der Waals surface area contributed by atoms with E-state index in [4.69, 9.17) is 4.42 Å². The fourth-order valence-electron chi connectivity index (χ4n) is 1.83. The van der Waals surface area contributed by atoms with E-state index in [1.807, 2.05) is 24.0 Å². The van der Waals surface area contributed by atoms with Crippen molar-refractivity contribution < 1.29 is 13.6 Å².